The maximum Gasteiger partial charge on any atom is 0.272 e. The summed E-state index contributed by atoms with van der Waals surface area (Å²) in [5.41, 5.74) is 6.85. The molecule has 6 nitrogen and oxygen atoms in total. The summed E-state index contributed by atoms with van der Waals surface area (Å²) in [5, 5.41) is 16.6. The van der Waals surface area contributed by atoms with Gasteiger partial charge in [0.25, 0.3) is 5.91 Å². The molecule has 0 aliphatic heterocycles. The van der Waals surface area contributed by atoms with Gasteiger partial charge in [-0.3, -0.25) is 9.48 Å². The number of carbonyl (C=O) groups is 1. The van der Waals surface area contributed by atoms with Gasteiger partial charge in [0, 0.05) is 7.05 Å². The summed E-state index contributed by atoms with van der Waals surface area (Å²) in [4.78, 5) is 12.3. The molecule has 0 saturated heterocycles. The van der Waals surface area contributed by atoms with Crippen molar-refractivity contribution in [1.29, 1.82) is 0 Å². The zero-order chi connectivity index (χ0) is 14.6. The van der Waals surface area contributed by atoms with E-state index >= 15 is 0 Å². The van der Waals surface area contributed by atoms with Crippen molar-refractivity contribution in [3.05, 3.63) is 11.4 Å². The maximum atomic E-state index is 12.3. The van der Waals surface area contributed by atoms with Crippen LogP contribution >= 0.6 is 0 Å². The van der Waals surface area contributed by atoms with Crippen LogP contribution in [0.4, 0.5) is 5.69 Å². The number of anilines is 1. The van der Waals surface area contributed by atoms with Gasteiger partial charge < -0.3 is 16.2 Å². The quantitative estimate of drug-likeness (QED) is 0.713. The summed E-state index contributed by atoms with van der Waals surface area (Å²) in [6.07, 6.45) is 1.99. The van der Waals surface area contributed by atoms with E-state index in [2.05, 4.69) is 10.4 Å². The molecule has 0 atom stereocenters. The number of amides is 1. The summed E-state index contributed by atoms with van der Waals surface area (Å²) < 4.78 is 1.50. The highest BCUT2D eigenvalue weighted by molar-refractivity contribution is 5.98. The van der Waals surface area contributed by atoms with Crippen LogP contribution in [-0.4, -0.2) is 32.9 Å². The fraction of sp³-hybridized carbons (Fsp3) is 0.692. The van der Waals surface area contributed by atoms with Crippen molar-refractivity contribution in [2.24, 2.45) is 7.05 Å². The first-order valence-corrected chi connectivity index (χ1v) is 6.69. The molecule has 1 heterocycles. The lowest BCUT2D eigenvalue weighted by atomic mass is 9.93. The van der Waals surface area contributed by atoms with Gasteiger partial charge in [0.15, 0.2) is 0 Å². The van der Waals surface area contributed by atoms with Gasteiger partial charge in [-0.2, -0.15) is 5.10 Å². The lowest BCUT2D eigenvalue weighted by Gasteiger charge is -2.30. The minimum Gasteiger partial charge on any atom is -0.395 e. The number of nitrogen functional groups attached to an aromatic ring is 1. The number of hydrogen-bond acceptors (Lipinski definition) is 4. The van der Waals surface area contributed by atoms with Crippen molar-refractivity contribution in [3.8, 4) is 0 Å². The van der Waals surface area contributed by atoms with Crippen LogP contribution < -0.4 is 11.1 Å². The Labute approximate surface area is 114 Å². The Morgan fingerprint density at radius 3 is 2.37 bits per heavy atom. The number of nitrogens with zero attached hydrogens (tertiary/aromatic N) is 2. The van der Waals surface area contributed by atoms with E-state index in [9.17, 15) is 9.90 Å². The molecule has 0 aliphatic carbocycles. The number of aliphatic hydroxyl groups is 1. The molecule has 4 N–H and O–H groups in total. The number of rotatable bonds is 6. The third-order valence-corrected chi connectivity index (χ3v) is 3.75. The van der Waals surface area contributed by atoms with Gasteiger partial charge >= 0.3 is 0 Å². The highest BCUT2D eigenvalue weighted by Crippen LogP contribution is 2.20. The van der Waals surface area contributed by atoms with E-state index in [1.807, 2.05) is 20.8 Å². The highest BCUT2D eigenvalue weighted by atomic mass is 16.3. The molecule has 0 aromatic carbocycles. The Morgan fingerprint density at radius 2 is 2.00 bits per heavy atom. The van der Waals surface area contributed by atoms with Crippen LogP contribution in [-0.2, 0) is 13.5 Å². The molecule has 0 radical (unpaired) electrons. The van der Waals surface area contributed by atoms with Crippen molar-refractivity contribution < 1.29 is 9.90 Å². The standard InChI is InChI=1S/C13H24N4O2/c1-5-9-10(14)11(17(4)16-9)12(19)15-13(6-2,7-3)8-18/h18H,5-8,14H2,1-4H3,(H,15,19). The largest absolute Gasteiger partial charge is 0.395 e. The smallest absolute Gasteiger partial charge is 0.272 e. The zero-order valence-electron chi connectivity index (χ0n) is 12.2. The zero-order valence-corrected chi connectivity index (χ0v) is 12.2. The van der Waals surface area contributed by atoms with E-state index < -0.39 is 5.54 Å². The number of aromatic nitrogens is 2. The molecule has 0 bridgehead atoms. The van der Waals surface area contributed by atoms with Gasteiger partial charge in [-0.1, -0.05) is 20.8 Å². The summed E-state index contributed by atoms with van der Waals surface area (Å²) >= 11 is 0. The predicted molar refractivity (Wildman–Crippen MR) is 74.9 cm³/mol. The first-order valence-electron chi connectivity index (χ1n) is 6.69. The summed E-state index contributed by atoms with van der Waals surface area (Å²) in [6, 6.07) is 0. The molecule has 0 spiro atoms. The molecule has 1 aromatic rings. The van der Waals surface area contributed by atoms with E-state index in [1.165, 1.54) is 4.68 Å². The Kier molecular flexibility index (Phi) is 4.94. The van der Waals surface area contributed by atoms with Crippen molar-refractivity contribution in [1.82, 2.24) is 15.1 Å². The average molecular weight is 268 g/mol. The summed E-state index contributed by atoms with van der Waals surface area (Å²) in [7, 11) is 1.70. The summed E-state index contributed by atoms with van der Waals surface area (Å²) in [5.74, 6) is -0.287. The van der Waals surface area contributed by atoms with E-state index in [0.717, 1.165) is 5.69 Å². The van der Waals surface area contributed by atoms with Gasteiger partial charge in [0.2, 0.25) is 0 Å². The molecule has 0 saturated carbocycles. The number of aryl methyl sites for hydroxylation is 2. The minimum absolute atomic E-state index is 0.0931. The van der Waals surface area contributed by atoms with Gasteiger partial charge in [-0.05, 0) is 19.3 Å². The Bertz CT molecular complexity index is 441. The lowest BCUT2D eigenvalue weighted by molar-refractivity contribution is 0.0809. The third-order valence-electron chi connectivity index (χ3n) is 3.75. The monoisotopic (exact) mass is 268 g/mol. The molecule has 1 amide bonds. The van der Waals surface area contributed by atoms with Gasteiger partial charge in [0.1, 0.15) is 5.69 Å². The molecule has 6 heteroatoms. The third kappa shape index (κ3) is 2.89. The van der Waals surface area contributed by atoms with Crippen molar-refractivity contribution >= 4 is 11.6 Å². The minimum atomic E-state index is -0.597. The first kappa shape index (κ1) is 15.5. The number of carbonyl (C=O) groups excluding carboxylic acids is 1. The van der Waals surface area contributed by atoms with Crippen LogP contribution in [0.3, 0.4) is 0 Å². The van der Waals surface area contributed by atoms with Crippen LogP contribution in [0.25, 0.3) is 0 Å². The molecule has 0 fully saturated rings. The molecular formula is C13H24N4O2. The maximum absolute atomic E-state index is 12.3. The fourth-order valence-electron chi connectivity index (χ4n) is 2.12. The molecule has 1 aromatic heterocycles. The van der Waals surface area contributed by atoms with Crippen LogP contribution in [0.2, 0.25) is 0 Å². The number of hydrogen-bond donors (Lipinski definition) is 3. The Balaban J connectivity index is 3.04. The second kappa shape index (κ2) is 6.06. The second-order valence-corrected chi connectivity index (χ2v) is 4.79. The average Bonchev–Trinajstić information content (AvgIpc) is 2.70. The van der Waals surface area contributed by atoms with E-state index in [0.29, 0.717) is 30.6 Å². The topological polar surface area (TPSA) is 93.2 Å². The van der Waals surface area contributed by atoms with E-state index in [-0.39, 0.29) is 12.5 Å². The van der Waals surface area contributed by atoms with Gasteiger partial charge in [-0.15, -0.1) is 0 Å². The van der Waals surface area contributed by atoms with Gasteiger partial charge in [-0.25, -0.2) is 0 Å². The van der Waals surface area contributed by atoms with E-state index in [4.69, 9.17) is 5.73 Å². The van der Waals surface area contributed by atoms with Crippen LogP contribution in [0.15, 0.2) is 0 Å². The predicted octanol–water partition coefficient (Wildman–Crippen LogP) is 0.846. The number of aliphatic hydroxyl groups excluding tert-OH is 1. The fourth-order valence-corrected chi connectivity index (χ4v) is 2.12. The van der Waals surface area contributed by atoms with Crippen molar-refractivity contribution in [3.63, 3.8) is 0 Å². The van der Waals surface area contributed by atoms with Crippen LogP contribution in [0.5, 0.6) is 0 Å². The SMILES string of the molecule is CCc1nn(C)c(C(=O)NC(CC)(CC)CO)c1N. The number of nitrogens with one attached hydrogen (secondary N) is 1. The molecule has 19 heavy (non-hydrogen) atoms. The molecular weight excluding hydrogens is 244 g/mol. The van der Waals surface area contributed by atoms with Crippen LogP contribution in [0, 0.1) is 0 Å². The number of nitrogens with two attached hydrogens (primary N) is 1. The van der Waals surface area contributed by atoms with Crippen molar-refractivity contribution in [2.75, 3.05) is 12.3 Å². The Morgan fingerprint density at radius 1 is 1.42 bits per heavy atom. The normalized spacial score (nSPS) is 11.6. The molecule has 108 valence electrons. The molecule has 0 unspecified atom stereocenters. The lowest BCUT2D eigenvalue weighted by Crippen LogP contribution is -2.51. The molecule has 0 aliphatic rings. The Hall–Kier alpha value is -1.56. The first-order chi connectivity index (χ1) is 8.94. The second-order valence-electron chi connectivity index (χ2n) is 4.79. The highest BCUT2D eigenvalue weighted by Gasteiger charge is 2.30. The molecule has 1 rings (SSSR count). The summed E-state index contributed by atoms with van der Waals surface area (Å²) in [6.45, 7) is 5.72. The van der Waals surface area contributed by atoms with Crippen LogP contribution in [0.1, 0.15) is 49.8 Å². The van der Waals surface area contributed by atoms with E-state index in [1.54, 1.807) is 7.05 Å². The van der Waals surface area contributed by atoms with Crippen molar-refractivity contribution in [2.45, 2.75) is 45.6 Å². The van der Waals surface area contributed by atoms with Gasteiger partial charge in [0.05, 0.1) is 23.5 Å².